The molecule has 0 aliphatic heterocycles. The van der Waals surface area contributed by atoms with Crippen LogP contribution in [0.1, 0.15) is 37.8 Å². The zero-order valence-electron chi connectivity index (χ0n) is 11.1. The van der Waals surface area contributed by atoms with E-state index in [1.54, 1.807) is 6.20 Å². The number of aryl methyl sites for hydroxylation is 2. The highest BCUT2D eigenvalue weighted by molar-refractivity contribution is 5.81. The first kappa shape index (κ1) is 13.3. The van der Waals surface area contributed by atoms with Crippen molar-refractivity contribution in [3.05, 3.63) is 18.0 Å². The lowest BCUT2D eigenvalue weighted by molar-refractivity contribution is -0.125. The van der Waals surface area contributed by atoms with E-state index in [1.807, 2.05) is 17.8 Å². The van der Waals surface area contributed by atoms with Gasteiger partial charge < -0.3 is 5.73 Å². The van der Waals surface area contributed by atoms with Gasteiger partial charge in [-0.15, -0.1) is 0 Å². The smallest absolute Gasteiger partial charge is 0.136 e. The van der Waals surface area contributed by atoms with Crippen molar-refractivity contribution >= 4 is 5.78 Å². The summed E-state index contributed by atoms with van der Waals surface area (Å²) in [5, 5.41) is 4.12. The molecule has 1 saturated carbocycles. The molecule has 2 rings (SSSR count). The lowest BCUT2D eigenvalue weighted by atomic mass is 9.76. The molecule has 0 spiro atoms. The Balaban J connectivity index is 1.89. The molecule has 1 aromatic rings. The predicted molar refractivity (Wildman–Crippen MR) is 71.0 cm³/mol. The lowest BCUT2D eigenvalue weighted by Crippen LogP contribution is -2.32. The third kappa shape index (κ3) is 2.99. The molecule has 1 aromatic heterocycles. The summed E-state index contributed by atoms with van der Waals surface area (Å²) < 4.78 is 1.84. The average Bonchev–Trinajstić information content (AvgIpc) is 2.81. The van der Waals surface area contributed by atoms with Crippen molar-refractivity contribution in [2.75, 3.05) is 6.54 Å². The Bertz CT molecular complexity index is 399. The van der Waals surface area contributed by atoms with Gasteiger partial charge in [0.05, 0.1) is 0 Å². The molecule has 1 fully saturated rings. The van der Waals surface area contributed by atoms with E-state index in [0.717, 1.165) is 25.0 Å². The predicted octanol–water partition coefficient (Wildman–Crippen LogP) is 1.69. The first-order chi connectivity index (χ1) is 8.72. The number of ketones is 1. The van der Waals surface area contributed by atoms with Crippen LogP contribution in [0, 0.1) is 11.8 Å². The Hall–Kier alpha value is -1.16. The third-order valence-corrected chi connectivity index (χ3v) is 4.18. The van der Waals surface area contributed by atoms with Crippen LogP contribution in [0.2, 0.25) is 0 Å². The molecule has 100 valence electrons. The Morgan fingerprint density at radius 1 is 1.50 bits per heavy atom. The second-order valence-corrected chi connectivity index (χ2v) is 5.30. The number of nitrogens with two attached hydrogens (primary N) is 1. The van der Waals surface area contributed by atoms with Crippen LogP contribution >= 0.6 is 0 Å². The number of hydrogen-bond donors (Lipinski definition) is 1. The molecule has 0 amide bonds. The maximum absolute atomic E-state index is 12.3. The van der Waals surface area contributed by atoms with Gasteiger partial charge in [-0.05, 0) is 37.8 Å². The zero-order chi connectivity index (χ0) is 13.0. The maximum Gasteiger partial charge on any atom is 0.136 e. The minimum Gasteiger partial charge on any atom is -0.330 e. The summed E-state index contributed by atoms with van der Waals surface area (Å²) in [7, 11) is 1.92. The first-order valence-electron chi connectivity index (χ1n) is 6.92. The molecular formula is C14H23N3O. The molecule has 2 atom stereocenters. The van der Waals surface area contributed by atoms with Crippen LogP contribution in [-0.2, 0) is 18.3 Å². The Kier molecular flexibility index (Phi) is 4.53. The van der Waals surface area contributed by atoms with Gasteiger partial charge in [-0.1, -0.05) is 12.8 Å². The minimum atomic E-state index is 0.206. The van der Waals surface area contributed by atoms with Gasteiger partial charge in [-0.25, -0.2) is 0 Å². The molecule has 0 saturated heterocycles. The van der Waals surface area contributed by atoms with E-state index in [1.165, 1.54) is 12.8 Å². The summed E-state index contributed by atoms with van der Waals surface area (Å²) in [6.07, 6.45) is 7.77. The summed E-state index contributed by atoms with van der Waals surface area (Å²) in [5.74, 6) is 1.01. The molecule has 0 radical (unpaired) electrons. The molecule has 18 heavy (non-hydrogen) atoms. The molecule has 1 aliphatic rings. The van der Waals surface area contributed by atoms with E-state index >= 15 is 0 Å². The SMILES string of the molecule is Cn1nccc1CCC(=O)C1CCCCC1CN. The van der Waals surface area contributed by atoms with E-state index in [-0.39, 0.29) is 5.92 Å². The number of rotatable bonds is 5. The Morgan fingerprint density at radius 3 is 2.94 bits per heavy atom. The van der Waals surface area contributed by atoms with Crippen LogP contribution in [0.25, 0.3) is 0 Å². The van der Waals surface area contributed by atoms with Crippen LogP contribution in [-0.4, -0.2) is 22.1 Å². The van der Waals surface area contributed by atoms with Crippen molar-refractivity contribution < 1.29 is 4.79 Å². The van der Waals surface area contributed by atoms with E-state index in [0.29, 0.717) is 24.7 Å². The minimum absolute atomic E-state index is 0.206. The Morgan fingerprint density at radius 2 is 2.28 bits per heavy atom. The summed E-state index contributed by atoms with van der Waals surface area (Å²) in [6, 6.07) is 1.98. The van der Waals surface area contributed by atoms with Crippen molar-refractivity contribution in [1.29, 1.82) is 0 Å². The molecule has 1 aliphatic carbocycles. The van der Waals surface area contributed by atoms with Gasteiger partial charge in [0.1, 0.15) is 5.78 Å². The van der Waals surface area contributed by atoms with E-state index in [2.05, 4.69) is 5.10 Å². The van der Waals surface area contributed by atoms with Crippen LogP contribution in [0.3, 0.4) is 0 Å². The molecule has 1 heterocycles. The van der Waals surface area contributed by atoms with Crippen molar-refractivity contribution in [3.8, 4) is 0 Å². The summed E-state index contributed by atoms with van der Waals surface area (Å²) in [6.45, 7) is 0.655. The van der Waals surface area contributed by atoms with Crippen molar-refractivity contribution in [1.82, 2.24) is 9.78 Å². The first-order valence-corrected chi connectivity index (χ1v) is 6.92. The number of aromatic nitrogens is 2. The quantitative estimate of drug-likeness (QED) is 0.863. The van der Waals surface area contributed by atoms with Crippen molar-refractivity contribution in [3.63, 3.8) is 0 Å². The normalized spacial score (nSPS) is 24.1. The monoisotopic (exact) mass is 249 g/mol. The van der Waals surface area contributed by atoms with E-state index < -0.39 is 0 Å². The topological polar surface area (TPSA) is 60.9 Å². The van der Waals surface area contributed by atoms with Gasteiger partial charge in [0.2, 0.25) is 0 Å². The van der Waals surface area contributed by atoms with Gasteiger partial charge in [0.25, 0.3) is 0 Å². The summed E-state index contributed by atoms with van der Waals surface area (Å²) in [4.78, 5) is 12.3. The number of nitrogens with zero attached hydrogens (tertiary/aromatic N) is 2. The zero-order valence-corrected chi connectivity index (χ0v) is 11.1. The van der Waals surface area contributed by atoms with Crippen molar-refractivity contribution in [2.24, 2.45) is 24.6 Å². The van der Waals surface area contributed by atoms with E-state index in [4.69, 9.17) is 5.73 Å². The van der Waals surface area contributed by atoms with Crippen LogP contribution in [0.4, 0.5) is 0 Å². The molecule has 2 unspecified atom stereocenters. The fourth-order valence-corrected chi connectivity index (χ4v) is 3.00. The molecular weight excluding hydrogens is 226 g/mol. The van der Waals surface area contributed by atoms with Gasteiger partial charge in [-0.3, -0.25) is 9.48 Å². The number of Topliss-reactive ketones (excluding diaryl/α,β-unsaturated/α-hetero) is 1. The van der Waals surface area contributed by atoms with Gasteiger partial charge in [0.15, 0.2) is 0 Å². The summed E-state index contributed by atoms with van der Waals surface area (Å²) in [5.41, 5.74) is 6.91. The van der Waals surface area contributed by atoms with Crippen LogP contribution in [0.5, 0.6) is 0 Å². The Labute approximate surface area is 109 Å². The molecule has 0 bridgehead atoms. The average molecular weight is 249 g/mol. The number of hydrogen-bond acceptors (Lipinski definition) is 3. The molecule has 4 nitrogen and oxygen atoms in total. The highest BCUT2D eigenvalue weighted by Crippen LogP contribution is 2.30. The highest BCUT2D eigenvalue weighted by Gasteiger charge is 2.29. The van der Waals surface area contributed by atoms with Gasteiger partial charge in [0, 0.05) is 31.3 Å². The fraction of sp³-hybridized carbons (Fsp3) is 0.714. The second-order valence-electron chi connectivity index (χ2n) is 5.30. The molecule has 2 N–H and O–H groups in total. The van der Waals surface area contributed by atoms with Crippen molar-refractivity contribution in [2.45, 2.75) is 38.5 Å². The molecule has 0 aromatic carbocycles. The second kappa shape index (κ2) is 6.14. The maximum atomic E-state index is 12.3. The summed E-state index contributed by atoms with van der Waals surface area (Å²) >= 11 is 0. The largest absolute Gasteiger partial charge is 0.330 e. The van der Waals surface area contributed by atoms with Gasteiger partial charge >= 0.3 is 0 Å². The van der Waals surface area contributed by atoms with Crippen LogP contribution in [0.15, 0.2) is 12.3 Å². The van der Waals surface area contributed by atoms with Gasteiger partial charge in [-0.2, -0.15) is 5.10 Å². The highest BCUT2D eigenvalue weighted by atomic mass is 16.1. The third-order valence-electron chi connectivity index (χ3n) is 4.18. The van der Waals surface area contributed by atoms with Crippen LogP contribution < -0.4 is 5.73 Å². The number of carbonyl (C=O) groups excluding carboxylic acids is 1. The number of carbonyl (C=O) groups is 1. The van der Waals surface area contributed by atoms with E-state index in [9.17, 15) is 4.79 Å². The lowest BCUT2D eigenvalue weighted by Gasteiger charge is -2.29. The fourth-order valence-electron chi connectivity index (χ4n) is 3.00. The standard InChI is InChI=1S/C14H23N3O/c1-17-12(8-9-16-17)6-7-14(18)13-5-3-2-4-11(13)10-15/h8-9,11,13H,2-7,10,15H2,1H3. The molecule has 4 heteroatoms.